The van der Waals surface area contributed by atoms with Crippen molar-refractivity contribution < 1.29 is 5.11 Å². The molecular formula is C12H20O. The lowest BCUT2D eigenvalue weighted by molar-refractivity contribution is -0.113. The van der Waals surface area contributed by atoms with E-state index in [1.807, 2.05) is 6.92 Å². The third-order valence-electron chi connectivity index (χ3n) is 4.97. The Morgan fingerprint density at radius 1 is 1.00 bits per heavy atom. The van der Waals surface area contributed by atoms with Crippen LogP contribution in [0.4, 0.5) is 0 Å². The Bertz CT molecular complexity index is 184. The van der Waals surface area contributed by atoms with Crippen LogP contribution in [0.3, 0.4) is 0 Å². The standard InChI is InChI=1S/C12H20O/c1-8(13)12-5-9-2-10(6-12)4-11(3-9)7-12/h8-11,13H,2-7H2,1H3/t8-,9?,10?,11?,12?/m1/s1. The smallest absolute Gasteiger partial charge is 0.0568 e. The Kier molecular flexibility index (Phi) is 1.59. The molecule has 0 aromatic rings. The fourth-order valence-electron chi connectivity index (χ4n) is 4.69. The number of aliphatic hydroxyl groups excluding tert-OH is 1. The quantitative estimate of drug-likeness (QED) is 0.657. The number of hydrogen-bond donors (Lipinski definition) is 1. The molecule has 0 aromatic carbocycles. The topological polar surface area (TPSA) is 20.2 Å². The molecule has 4 aliphatic carbocycles. The Balaban J connectivity index is 1.91. The van der Waals surface area contributed by atoms with Gasteiger partial charge in [-0.05, 0) is 68.6 Å². The summed E-state index contributed by atoms with van der Waals surface area (Å²) in [4.78, 5) is 0. The van der Waals surface area contributed by atoms with E-state index >= 15 is 0 Å². The first-order valence-electron chi connectivity index (χ1n) is 5.86. The van der Waals surface area contributed by atoms with Gasteiger partial charge in [0.2, 0.25) is 0 Å². The fourth-order valence-corrected chi connectivity index (χ4v) is 4.69. The summed E-state index contributed by atoms with van der Waals surface area (Å²) in [5.74, 6) is 2.92. The molecule has 74 valence electrons. The number of hydrogen-bond acceptors (Lipinski definition) is 1. The second kappa shape index (κ2) is 2.50. The Morgan fingerprint density at radius 3 is 1.69 bits per heavy atom. The molecule has 4 aliphatic rings. The van der Waals surface area contributed by atoms with Gasteiger partial charge in [0.05, 0.1) is 6.10 Å². The van der Waals surface area contributed by atoms with E-state index in [1.165, 1.54) is 38.5 Å². The lowest BCUT2D eigenvalue weighted by Crippen LogP contribution is -2.50. The van der Waals surface area contributed by atoms with Crippen LogP contribution in [0, 0.1) is 23.2 Å². The van der Waals surface area contributed by atoms with Crippen molar-refractivity contribution in [2.45, 2.75) is 51.6 Å². The zero-order valence-electron chi connectivity index (χ0n) is 8.50. The Morgan fingerprint density at radius 2 is 1.38 bits per heavy atom. The van der Waals surface area contributed by atoms with Crippen LogP contribution in [0.15, 0.2) is 0 Å². The van der Waals surface area contributed by atoms with Crippen LogP contribution in [-0.4, -0.2) is 11.2 Å². The summed E-state index contributed by atoms with van der Waals surface area (Å²) >= 11 is 0. The molecule has 4 rings (SSSR count). The highest BCUT2D eigenvalue weighted by Gasteiger charge is 2.52. The van der Waals surface area contributed by atoms with Crippen molar-refractivity contribution in [1.29, 1.82) is 0 Å². The van der Waals surface area contributed by atoms with Crippen molar-refractivity contribution in [2.75, 3.05) is 0 Å². The SMILES string of the molecule is C[C@@H](O)C12CC3CC(CC(C3)C1)C2. The van der Waals surface area contributed by atoms with Crippen LogP contribution in [0.2, 0.25) is 0 Å². The van der Waals surface area contributed by atoms with Crippen LogP contribution in [0.25, 0.3) is 0 Å². The predicted octanol–water partition coefficient (Wildman–Crippen LogP) is 2.58. The van der Waals surface area contributed by atoms with E-state index in [4.69, 9.17) is 0 Å². The average molecular weight is 180 g/mol. The van der Waals surface area contributed by atoms with E-state index in [9.17, 15) is 5.11 Å². The van der Waals surface area contributed by atoms with Crippen LogP contribution in [-0.2, 0) is 0 Å². The van der Waals surface area contributed by atoms with Gasteiger partial charge in [-0.25, -0.2) is 0 Å². The molecule has 4 bridgehead atoms. The van der Waals surface area contributed by atoms with Gasteiger partial charge in [-0.2, -0.15) is 0 Å². The Hall–Kier alpha value is -0.0400. The van der Waals surface area contributed by atoms with E-state index in [-0.39, 0.29) is 6.10 Å². The van der Waals surface area contributed by atoms with Crippen molar-refractivity contribution in [1.82, 2.24) is 0 Å². The summed E-state index contributed by atoms with van der Waals surface area (Å²) in [7, 11) is 0. The lowest BCUT2D eigenvalue weighted by Gasteiger charge is -2.58. The molecule has 1 nitrogen and oxygen atoms in total. The van der Waals surface area contributed by atoms with Gasteiger partial charge in [0.1, 0.15) is 0 Å². The zero-order valence-corrected chi connectivity index (χ0v) is 8.50. The molecule has 0 amide bonds. The molecule has 1 heteroatoms. The highest BCUT2D eigenvalue weighted by atomic mass is 16.3. The summed E-state index contributed by atoms with van der Waals surface area (Å²) in [5.41, 5.74) is 0.356. The zero-order chi connectivity index (χ0) is 9.05. The maximum atomic E-state index is 9.92. The molecule has 0 heterocycles. The third-order valence-corrected chi connectivity index (χ3v) is 4.97. The van der Waals surface area contributed by atoms with Gasteiger partial charge < -0.3 is 5.11 Å². The second-order valence-electron chi connectivity index (χ2n) is 5.96. The summed E-state index contributed by atoms with van der Waals surface area (Å²) in [6.07, 6.45) is 8.37. The average Bonchev–Trinajstić information content (AvgIpc) is 2.00. The second-order valence-corrected chi connectivity index (χ2v) is 5.96. The molecule has 1 atom stereocenters. The third kappa shape index (κ3) is 1.09. The van der Waals surface area contributed by atoms with Crippen molar-refractivity contribution in [2.24, 2.45) is 23.2 Å². The van der Waals surface area contributed by atoms with Crippen LogP contribution in [0.5, 0.6) is 0 Å². The molecule has 0 aliphatic heterocycles. The van der Waals surface area contributed by atoms with E-state index in [0.717, 1.165) is 17.8 Å². The minimum absolute atomic E-state index is 0.0547. The van der Waals surface area contributed by atoms with E-state index < -0.39 is 0 Å². The van der Waals surface area contributed by atoms with Gasteiger partial charge in [-0.3, -0.25) is 0 Å². The highest BCUT2D eigenvalue weighted by Crippen LogP contribution is 2.61. The van der Waals surface area contributed by atoms with Crippen molar-refractivity contribution in [3.63, 3.8) is 0 Å². The summed E-state index contributed by atoms with van der Waals surface area (Å²) in [6.45, 7) is 2.02. The molecule has 0 saturated heterocycles. The molecule has 4 saturated carbocycles. The largest absolute Gasteiger partial charge is 0.393 e. The van der Waals surface area contributed by atoms with Crippen molar-refractivity contribution >= 4 is 0 Å². The first-order valence-corrected chi connectivity index (χ1v) is 5.86. The van der Waals surface area contributed by atoms with Crippen molar-refractivity contribution in [3.8, 4) is 0 Å². The maximum absolute atomic E-state index is 9.92. The van der Waals surface area contributed by atoms with Gasteiger partial charge in [-0.1, -0.05) is 0 Å². The maximum Gasteiger partial charge on any atom is 0.0568 e. The Labute approximate surface area is 80.5 Å². The minimum Gasteiger partial charge on any atom is -0.393 e. The molecule has 0 unspecified atom stereocenters. The molecular weight excluding hydrogens is 160 g/mol. The highest BCUT2D eigenvalue weighted by molar-refractivity contribution is 5.03. The van der Waals surface area contributed by atoms with Gasteiger partial charge in [0, 0.05) is 0 Å². The number of aliphatic hydroxyl groups is 1. The van der Waals surface area contributed by atoms with Crippen LogP contribution >= 0.6 is 0 Å². The van der Waals surface area contributed by atoms with E-state index in [0.29, 0.717) is 5.41 Å². The molecule has 0 aromatic heterocycles. The molecule has 13 heavy (non-hydrogen) atoms. The van der Waals surface area contributed by atoms with Gasteiger partial charge in [-0.15, -0.1) is 0 Å². The minimum atomic E-state index is -0.0547. The first-order chi connectivity index (χ1) is 6.18. The number of rotatable bonds is 1. The lowest BCUT2D eigenvalue weighted by atomic mass is 9.48. The summed E-state index contributed by atoms with van der Waals surface area (Å²) < 4.78 is 0. The fraction of sp³-hybridized carbons (Fsp3) is 1.00. The molecule has 4 fully saturated rings. The van der Waals surface area contributed by atoms with E-state index in [1.54, 1.807) is 0 Å². The molecule has 1 N–H and O–H groups in total. The van der Waals surface area contributed by atoms with Crippen LogP contribution in [0.1, 0.15) is 45.4 Å². The summed E-state index contributed by atoms with van der Waals surface area (Å²) in [5, 5.41) is 9.92. The predicted molar refractivity (Wildman–Crippen MR) is 52.3 cm³/mol. The monoisotopic (exact) mass is 180 g/mol. The van der Waals surface area contributed by atoms with Gasteiger partial charge in [0.15, 0.2) is 0 Å². The van der Waals surface area contributed by atoms with Crippen molar-refractivity contribution in [3.05, 3.63) is 0 Å². The van der Waals surface area contributed by atoms with Gasteiger partial charge in [0.25, 0.3) is 0 Å². The normalized spacial score (nSPS) is 55.4. The first kappa shape index (κ1) is 8.28. The van der Waals surface area contributed by atoms with Crippen LogP contribution < -0.4 is 0 Å². The van der Waals surface area contributed by atoms with Gasteiger partial charge >= 0.3 is 0 Å². The van der Waals surface area contributed by atoms with E-state index in [2.05, 4.69) is 0 Å². The molecule has 0 radical (unpaired) electrons. The summed E-state index contributed by atoms with van der Waals surface area (Å²) in [6, 6.07) is 0. The molecule has 0 spiro atoms.